The third-order valence-corrected chi connectivity index (χ3v) is 3.22. The number of anilines is 1. The van der Waals surface area contributed by atoms with E-state index in [1.807, 2.05) is 30.3 Å². The summed E-state index contributed by atoms with van der Waals surface area (Å²) in [5.74, 6) is -3.10. The molecule has 110 valence electrons. The van der Waals surface area contributed by atoms with Crippen molar-refractivity contribution >= 4 is 11.7 Å². The molecule has 2 aromatic rings. The largest absolute Gasteiger partial charge is 0.478 e. The molecule has 2 rings (SSSR count). The number of rotatable bonds is 5. The second-order valence-electron chi connectivity index (χ2n) is 4.75. The average Bonchev–Trinajstić information content (AvgIpc) is 2.45. The Bertz CT molecular complexity index is 621. The van der Waals surface area contributed by atoms with E-state index in [2.05, 4.69) is 0 Å². The first kappa shape index (κ1) is 15.0. The van der Waals surface area contributed by atoms with Crippen LogP contribution in [0.15, 0.2) is 42.5 Å². The molecule has 0 bridgehead atoms. The van der Waals surface area contributed by atoms with Crippen LogP contribution in [0.2, 0.25) is 0 Å². The SMILES string of the molecule is CN(CCc1ccccc1)c1c(F)cc(C(=O)O)cc1F. The van der Waals surface area contributed by atoms with Crippen LogP contribution in [0, 0.1) is 11.6 Å². The van der Waals surface area contributed by atoms with Crippen molar-refractivity contribution < 1.29 is 18.7 Å². The zero-order valence-electron chi connectivity index (χ0n) is 11.5. The number of benzene rings is 2. The molecule has 1 N–H and O–H groups in total. The summed E-state index contributed by atoms with van der Waals surface area (Å²) in [6.45, 7) is 0.421. The molecule has 5 heteroatoms. The van der Waals surface area contributed by atoms with Gasteiger partial charge in [-0.3, -0.25) is 0 Å². The van der Waals surface area contributed by atoms with Crippen LogP contribution >= 0.6 is 0 Å². The van der Waals surface area contributed by atoms with E-state index in [9.17, 15) is 13.6 Å². The Morgan fingerprint density at radius 1 is 1.14 bits per heavy atom. The Kier molecular flexibility index (Phi) is 4.52. The van der Waals surface area contributed by atoms with E-state index in [0.717, 1.165) is 17.7 Å². The minimum Gasteiger partial charge on any atom is -0.478 e. The Morgan fingerprint density at radius 2 is 1.71 bits per heavy atom. The van der Waals surface area contributed by atoms with Crippen molar-refractivity contribution in [2.45, 2.75) is 6.42 Å². The van der Waals surface area contributed by atoms with Crippen molar-refractivity contribution in [3.63, 3.8) is 0 Å². The summed E-state index contributed by atoms with van der Waals surface area (Å²) in [7, 11) is 1.57. The first-order chi connectivity index (χ1) is 9.99. The third-order valence-electron chi connectivity index (χ3n) is 3.22. The van der Waals surface area contributed by atoms with Gasteiger partial charge >= 0.3 is 5.97 Å². The first-order valence-corrected chi connectivity index (χ1v) is 6.46. The highest BCUT2D eigenvalue weighted by Gasteiger charge is 2.17. The highest BCUT2D eigenvalue weighted by atomic mass is 19.1. The van der Waals surface area contributed by atoms with Crippen molar-refractivity contribution in [2.75, 3.05) is 18.5 Å². The molecule has 0 aromatic heterocycles. The number of aromatic carboxylic acids is 1. The van der Waals surface area contributed by atoms with Crippen molar-refractivity contribution in [2.24, 2.45) is 0 Å². The van der Waals surface area contributed by atoms with Crippen molar-refractivity contribution in [3.8, 4) is 0 Å². The fourth-order valence-electron chi connectivity index (χ4n) is 2.11. The van der Waals surface area contributed by atoms with Gasteiger partial charge in [0.1, 0.15) is 17.3 Å². The number of nitrogens with zero attached hydrogens (tertiary/aromatic N) is 1. The summed E-state index contributed by atoms with van der Waals surface area (Å²) in [5.41, 5.74) is 0.452. The minimum absolute atomic E-state index is 0.212. The number of likely N-dealkylation sites (N-methyl/N-ethyl adjacent to an activating group) is 1. The van der Waals surface area contributed by atoms with Crippen molar-refractivity contribution in [1.82, 2.24) is 0 Å². The van der Waals surface area contributed by atoms with E-state index < -0.39 is 23.2 Å². The number of halogens is 2. The standard InChI is InChI=1S/C16H15F2NO2/c1-19(8-7-11-5-3-2-4-6-11)15-13(17)9-12(16(20)21)10-14(15)18/h2-6,9-10H,7-8H2,1H3,(H,20,21). The molecular weight excluding hydrogens is 276 g/mol. The highest BCUT2D eigenvalue weighted by Crippen LogP contribution is 2.24. The lowest BCUT2D eigenvalue weighted by atomic mass is 10.1. The molecule has 0 heterocycles. The maximum absolute atomic E-state index is 13.9. The minimum atomic E-state index is -1.36. The van der Waals surface area contributed by atoms with Gasteiger partial charge in [-0.1, -0.05) is 30.3 Å². The van der Waals surface area contributed by atoms with E-state index >= 15 is 0 Å². The summed E-state index contributed by atoms with van der Waals surface area (Å²) in [6.07, 6.45) is 0.636. The van der Waals surface area contributed by atoms with Gasteiger partial charge in [-0.2, -0.15) is 0 Å². The Hall–Kier alpha value is -2.43. The van der Waals surface area contributed by atoms with Crippen molar-refractivity contribution in [3.05, 3.63) is 65.2 Å². The molecule has 0 amide bonds. The van der Waals surface area contributed by atoms with E-state index in [1.165, 1.54) is 4.90 Å². The van der Waals surface area contributed by atoms with Gasteiger partial charge in [-0.05, 0) is 24.1 Å². The summed E-state index contributed by atoms with van der Waals surface area (Å²) < 4.78 is 27.8. The quantitative estimate of drug-likeness (QED) is 0.918. The molecule has 0 atom stereocenters. The highest BCUT2D eigenvalue weighted by molar-refractivity contribution is 5.88. The van der Waals surface area contributed by atoms with Crippen LogP contribution in [0.1, 0.15) is 15.9 Å². The smallest absolute Gasteiger partial charge is 0.335 e. The Labute approximate surface area is 121 Å². The first-order valence-electron chi connectivity index (χ1n) is 6.46. The van der Waals surface area contributed by atoms with Crippen molar-refractivity contribution in [1.29, 1.82) is 0 Å². The fraction of sp³-hybridized carbons (Fsp3) is 0.188. The van der Waals surface area contributed by atoms with E-state index in [-0.39, 0.29) is 5.69 Å². The molecule has 0 saturated heterocycles. The molecule has 0 saturated carbocycles. The normalized spacial score (nSPS) is 10.4. The number of carboxylic acids is 1. The fourth-order valence-corrected chi connectivity index (χ4v) is 2.11. The van der Waals surface area contributed by atoms with Gasteiger partial charge in [0.15, 0.2) is 0 Å². The molecule has 0 spiro atoms. The topological polar surface area (TPSA) is 40.5 Å². The lowest BCUT2D eigenvalue weighted by Crippen LogP contribution is -2.23. The third kappa shape index (κ3) is 3.56. The van der Waals surface area contributed by atoms with Crippen LogP contribution in [0.5, 0.6) is 0 Å². The van der Waals surface area contributed by atoms with Crippen LogP contribution in [0.3, 0.4) is 0 Å². The zero-order valence-corrected chi connectivity index (χ0v) is 11.5. The van der Waals surface area contributed by atoms with E-state index in [0.29, 0.717) is 13.0 Å². The molecule has 0 aliphatic heterocycles. The number of hydrogen-bond acceptors (Lipinski definition) is 2. The van der Waals surface area contributed by atoms with Crippen LogP contribution in [0.25, 0.3) is 0 Å². The van der Waals surface area contributed by atoms with Gasteiger partial charge in [0, 0.05) is 13.6 Å². The predicted octanol–water partition coefficient (Wildman–Crippen LogP) is 3.34. The molecular formula is C16H15F2NO2. The van der Waals surface area contributed by atoms with Gasteiger partial charge in [-0.15, -0.1) is 0 Å². The lowest BCUT2D eigenvalue weighted by molar-refractivity contribution is 0.0696. The summed E-state index contributed by atoms with van der Waals surface area (Å²) in [4.78, 5) is 12.2. The average molecular weight is 291 g/mol. The maximum atomic E-state index is 13.9. The van der Waals surface area contributed by atoms with Gasteiger partial charge in [-0.25, -0.2) is 13.6 Å². The molecule has 0 radical (unpaired) electrons. The number of carboxylic acid groups (broad SMARTS) is 1. The van der Waals surface area contributed by atoms with Gasteiger partial charge < -0.3 is 10.0 Å². The second-order valence-corrected chi connectivity index (χ2v) is 4.75. The summed E-state index contributed by atoms with van der Waals surface area (Å²) in [5, 5.41) is 8.77. The van der Waals surface area contributed by atoms with Gasteiger partial charge in [0.05, 0.1) is 5.56 Å². The van der Waals surface area contributed by atoms with E-state index in [4.69, 9.17) is 5.11 Å². The van der Waals surface area contributed by atoms with Crippen LogP contribution in [0.4, 0.5) is 14.5 Å². The summed E-state index contributed by atoms with van der Waals surface area (Å²) in [6, 6.07) is 11.2. The maximum Gasteiger partial charge on any atom is 0.335 e. The van der Waals surface area contributed by atoms with Crippen LogP contribution < -0.4 is 4.90 Å². The molecule has 0 fully saturated rings. The summed E-state index contributed by atoms with van der Waals surface area (Å²) >= 11 is 0. The molecule has 0 aliphatic carbocycles. The Balaban J connectivity index is 2.16. The molecule has 2 aromatic carbocycles. The van der Waals surface area contributed by atoms with Crippen LogP contribution in [-0.4, -0.2) is 24.7 Å². The molecule has 21 heavy (non-hydrogen) atoms. The molecule has 3 nitrogen and oxygen atoms in total. The van der Waals surface area contributed by atoms with Crippen LogP contribution in [-0.2, 0) is 6.42 Å². The Morgan fingerprint density at radius 3 is 2.24 bits per heavy atom. The monoisotopic (exact) mass is 291 g/mol. The number of carbonyl (C=O) groups is 1. The van der Waals surface area contributed by atoms with E-state index in [1.54, 1.807) is 7.05 Å². The zero-order chi connectivity index (χ0) is 15.4. The number of hydrogen-bond donors (Lipinski definition) is 1. The second kappa shape index (κ2) is 6.35. The lowest BCUT2D eigenvalue weighted by Gasteiger charge is -2.21. The van der Waals surface area contributed by atoms with Gasteiger partial charge in [0.2, 0.25) is 0 Å². The molecule has 0 unspecified atom stereocenters. The molecule has 0 aliphatic rings. The predicted molar refractivity (Wildman–Crippen MR) is 76.7 cm³/mol. The van der Waals surface area contributed by atoms with Gasteiger partial charge in [0.25, 0.3) is 0 Å².